The SMILES string of the molecule is CC(C)CNCCCc1cc(Br)cs1. The number of aryl methyl sites for hydroxylation is 1. The van der Waals surface area contributed by atoms with Crippen LogP contribution in [0.15, 0.2) is 15.9 Å². The highest BCUT2D eigenvalue weighted by Gasteiger charge is 1.97. The minimum atomic E-state index is 0.755. The molecule has 0 aliphatic carbocycles. The molecule has 14 heavy (non-hydrogen) atoms. The van der Waals surface area contributed by atoms with Crippen LogP contribution in [0.25, 0.3) is 0 Å². The first-order valence-corrected chi connectivity index (χ1v) is 6.79. The van der Waals surface area contributed by atoms with Crippen molar-refractivity contribution in [2.45, 2.75) is 26.7 Å². The minimum Gasteiger partial charge on any atom is -0.316 e. The van der Waals surface area contributed by atoms with E-state index in [1.165, 1.54) is 22.2 Å². The summed E-state index contributed by atoms with van der Waals surface area (Å²) in [5.41, 5.74) is 0. The molecule has 3 heteroatoms. The van der Waals surface area contributed by atoms with Crippen LogP contribution in [0.4, 0.5) is 0 Å². The van der Waals surface area contributed by atoms with Gasteiger partial charge in [0.15, 0.2) is 0 Å². The first kappa shape index (κ1) is 12.2. The molecular weight excluding hydrogens is 258 g/mol. The maximum Gasteiger partial charge on any atom is 0.0285 e. The lowest BCUT2D eigenvalue weighted by Gasteiger charge is -2.06. The summed E-state index contributed by atoms with van der Waals surface area (Å²) in [6.07, 6.45) is 2.43. The Morgan fingerprint density at radius 3 is 2.86 bits per heavy atom. The van der Waals surface area contributed by atoms with Gasteiger partial charge in [-0.3, -0.25) is 0 Å². The van der Waals surface area contributed by atoms with Crippen molar-refractivity contribution in [2.24, 2.45) is 5.92 Å². The second kappa shape index (κ2) is 6.59. The molecule has 1 heterocycles. The molecule has 0 aromatic carbocycles. The second-order valence-corrected chi connectivity index (χ2v) is 5.84. The topological polar surface area (TPSA) is 12.0 Å². The molecule has 1 aromatic heterocycles. The first-order valence-electron chi connectivity index (χ1n) is 5.12. The van der Waals surface area contributed by atoms with Crippen LogP contribution in [-0.4, -0.2) is 13.1 Å². The summed E-state index contributed by atoms with van der Waals surface area (Å²) in [4.78, 5) is 1.48. The molecule has 0 amide bonds. The van der Waals surface area contributed by atoms with Crippen molar-refractivity contribution < 1.29 is 0 Å². The molecule has 1 N–H and O–H groups in total. The molecule has 80 valence electrons. The van der Waals surface area contributed by atoms with Crippen LogP contribution in [0.3, 0.4) is 0 Å². The second-order valence-electron chi connectivity index (χ2n) is 3.93. The van der Waals surface area contributed by atoms with Gasteiger partial charge in [-0.2, -0.15) is 0 Å². The fourth-order valence-corrected chi connectivity index (χ4v) is 2.76. The summed E-state index contributed by atoms with van der Waals surface area (Å²) < 4.78 is 1.22. The zero-order valence-corrected chi connectivity index (χ0v) is 11.2. The molecule has 0 bridgehead atoms. The van der Waals surface area contributed by atoms with E-state index in [0.29, 0.717) is 0 Å². The van der Waals surface area contributed by atoms with Gasteiger partial charge in [-0.1, -0.05) is 13.8 Å². The smallest absolute Gasteiger partial charge is 0.0285 e. The Labute approximate surface area is 99.0 Å². The summed E-state index contributed by atoms with van der Waals surface area (Å²) in [6.45, 7) is 6.74. The van der Waals surface area contributed by atoms with Crippen molar-refractivity contribution in [3.63, 3.8) is 0 Å². The lowest BCUT2D eigenvalue weighted by molar-refractivity contribution is 0.544. The fourth-order valence-electron chi connectivity index (χ4n) is 1.26. The molecule has 0 fully saturated rings. The molecule has 0 unspecified atom stereocenters. The van der Waals surface area contributed by atoms with Gasteiger partial charge in [0, 0.05) is 14.7 Å². The average Bonchev–Trinajstić information content (AvgIpc) is 2.50. The molecule has 1 aromatic rings. The van der Waals surface area contributed by atoms with Gasteiger partial charge < -0.3 is 5.32 Å². The van der Waals surface area contributed by atoms with E-state index >= 15 is 0 Å². The van der Waals surface area contributed by atoms with Crippen LogP contribution in [0.2, 0.25) is 0 Å². The zero-order chi connectivity index (χ0) is 10.4. The van der Waals surface area contributed by atoms with Crippen LogP contribution in [0.1, 0.15) is 25.1 Å². The summed E-state index contributed by atoms with van der Waals surface area (Å²) >= 11 is 5.31. The summed E-state index contributed by atoms with van der Waals surface area (Å²) in [5.74, 6) is 0.755. The monoisotopic (exact) mass is 275 g/mol. The van der Waals surface area contributed by atoms with Crippen molar-refractivity contribution in [1.29, 1.82) is 0 Å². The van der Waals surface area contributed by atoms with Crippen LogP contribution in [0, 0.1) is 5.92 Å². The average molecular weight is 276 g/mol. The van der Waals surface area contributed by atoms with Gasteiger partial charge in [-0.15, -0.1) is 11.3 Å². The highest BCUT2D eigenvalue weighted by atomic mass is 79.9. The largest absolute Gasteiger partial charge is 0.316 e. The molecule has 1 nitrogen and oxygen atoms in total. The van der Waals surface area contributed by atoms with Gasteiger partial charge in [0.2, 0.25) is 0 Å². The van der Waals surface area contributed by atoms with Crippen molar-refractivity contribution >= 4 is 27.3 Å². The van der Waals surface area contributed by atoms with E-state index in [1.807, 2.05) is 11.3 Å². The van der Waals surface area contributed by atoms with E-state index in [-0.39, 0.29) is 0 Å². The molecule has 0 atom stereocenters. The first-order chi connectivity index (χ1) is 6.68. The number of hydrogen-bond donors (Lipinski definition) is 1. The summed E-state index contributed by atoms with van der Waals surface area (Å²) in [5, 5.41) is 5.60. The van der Waals surface area contributed by atoms with E-state index in [2.05, 4.69) is 46.5 Å². The van der Waals surface area contributed by atoms with Crippen molar-refractivity contribution in [1.82, 2.24) is 5.32 Å². The predicted octanol–water partition coefficient (Wildman–Crippen LogP) is 3.69. The Morgan fingerprint density at radius 2 is 2.29 bits per heavy atom. The van der Waals surface area contributed by atoms with Crippen LogP contribution < -0.4 is 5.32 Å². The highest BCUT2D eigenvalue weighted by molar-refractivity contribution is 9.10. The Balaban J connectivity index is 2.04. The quantitative estimate of drug-likeness (QED) is 0.781. The third-order valence-corrected chi connectivity index (χ3v) is 3.71. The number of rotatable bonds is 6. The molecule has 0 spiro atoms. The third kappa shape index (κ3) is 5.13. The zero-order valence-electron chi connectivity index (χ0n) is 8.85. The number of thiophene rings is 1. The lowest BCUT2D eigenvalue weighted by atomic mass is 10.2. The van der Waals surface area contributed by atoms with E-state index in [1.54, 1.807) is 0 Å². The standard InChI is InChI=1S/C11H18BrNS/c1-9(2)7-13-5-3-4-11-6-10(12)8-14-11/h6,8-9,13H,3-5,7H2,1-2H3. The minimum absolute atomic E-state index is 0.755. The Kier molecular flexibility index (Phi) is 5.75. The molecule has 0 saturated heterocycles. The van der Waals surface area contributed by atoms with E-state index in [9.17, 15) is 0 Å². The third-order valence-electron chi connectivity index (χ3n) is 1.95. The molecule has 0 radical (unpaired) electrons. The number of halogens is 1. The van der Waals surface area contributed by atoms with Crippen molar-refractivity contribution in [2.75, 3.05) is 13.1 Å². The number of hydrogen-bond acceptors (Lipinski definition) is 2. The summed E-state index contributed by atoms with van der Waals surface area (Å²) in [6, 6.07) is 2.22. The Bertz CT molecular complexity index is 258. The molecule has 0 aliphatic rings. The van der Waals surface area contributed by atoms with E-state index < -0.39 is 0 Å². The molecular formula is C11H18BrNS. The predicted molar refractivity (Wildman–Crippen MR) is 68.0 cm³/mol. The molecule has 0 aliphatic heterocycles. The van der Waals surface area contributed by atoms with Crippen LogP contribution in [-0.2, 0) is 6.42 Å². The van der Waals surface area contributed by atoms with Gasteiger partial charge in [-0.05, 0) is 53.8 Å². The van der Waals surface area contributed by atoms with Crippen molar-refractivity contribution in [3.8, 4) is 0 Å². The van der Waals surface area contributed by atoms with Gasteiger partial charge in [-0.25, -0.2) is 0 Å². The van der Waals surface area contributed by atoms with Gasteiger partial charge in [0.05, 0.1) is 0 Å². The fraction of sp³-hybridized carbons (Fsp3) is 0.636. The highest BCUT2D eigenvalue weighted by Crippen LogP contribution is 2.20. The normalized spacial score (nSPS) is 11.1. The Morgan fingerprint density at radius 1 is 1.50 bits per heavy atom. The Hall–Kier alpha value is 0.140. The van der Waals surface area contributed by atoms with Crippen LogP contribution in [0.5, 0.6) is 0 Å². The van der Waals surface area contributed by atoms with Crippen molar-refractivity contribution in [3.05, 3.63) is 20.8 Å². The maximum atomic E-state index is 3.47. The van der Waals surface area contributed by atoms with Gasteiger partial charge >= 0.3 is 0 Å². The number of nitrogens with one attached hydrogen (secondary N) is 1. The van der Waals surface area contributed by atoms with Crippen LogP contribution >= 0.6 is 27.3 Å². The van der Waals surface area contributed by atoms with Gasteiger partial charge in [0.25, 0.3) is 0 Å². The molecule has 1 rings (SSSR count). The summed E-state index contributed by atoms with van der Waals surface area (Å²) in [7, 11) is 0. The van der Waals surface area contributed by atoms with E-state index in [0.717, 1.165) is 19.0 Å². The van der Waals surface area contributed by atoms with Gasteiger partial charge in [0.1, 0.15) is 0 Å². The van der Waals surface area contributed by atoms with E-state index in [4.69, 9.17) is 0 Å². The lowest BCUT2D eigenvalue weighted by Crippen LogP contribution is -2.20. The molecule has 0 saturated carbocycles. The maximum absolute atomic E-state index is 3.47.